The standard InChI is InChI=1S/C35H32F2N4O6/c1-4-40(25-14-23(36)13-24(37)15-25)35(44)31-21-41(26-16-28(45-2)18-29(17-26)46-3)32-19-27(8-9-30(32)33(31)42)47-12-6-11-39-34(43)22-7-5-10-38-20-22/h5,7-10,13-21H,4,6,11-12H2,1-3H3,(H,39,43). The molecule has 2 heterocycles. The van der Waals surface area contributed by atoms with E-state index >= 15 is 0 Å². The van der Waals surface area contributed by atoms with E-state index in [-0.39, 0.29) is 35.7 Å². The van der Waals surface area contributed by atoms with Gasteiger partial charge in [0.05, 0.1) is 37.6 Å². The van der Waals surface area contributed by atoms with Gasteiger partial charge in [-0.3, -0.25) is 19.4 Å². The molecule has 0 unspecified atom stereocenters. The number of nitrogens with one attached hydrogen (secondary N) is 1. The lowest BCUT2D eigenvalue weighted by Gasteiger charge is -2.22. The number of ether oxygens (including phenoxy) is 3. The molecule has 2 amide bonds. The molecule has 242 valence electrons. The van der Waals surface area contributed by atoms with Crippen molar-refractivity contribution in [2.45, 2.75) is 13.3 Å². The van der Waals surface area contributed by atoms with E-state index in [0.29, 0.717) is 53.0 Å². The van der Waals surface area contributed by atoms with Crippen molar-refractivity contribution in [1.82, 2.24) is 14.9 Å². The number of halogens is 2. The lowest BCUT2D eigenvalue weighted by molar-refractivity contribution is 0.0949. The number of rotatable bonds is 12. The van der Waals surface area contributed by atoms with Gasteiger partial charge in [-0.25, -0.2) is 8.78 Å². The van der Waals surface area contributed by atoms with Gasteiger partial charge < -0.3 is 29.0 Å². The van der Waals surface area contributed by atoms with Crippen molar-refractivity contribution in [1.29, 1.82) is 0 Å². The fourth-order valence-corrected chi connectivity index (χ4v) is 5.04. The second-order valence-corrected chi connectivity index (χ2v) is 10.4. The molecule has 5 rings (SSSR count). The molecule has 0 atom stereocenters. The molecule has 5 aromatic rings. The van der Waals surface area contributed by atoms with E-state index < -0.39 is 23.0 Å². The fraction of sp³-hybridized carbons (Fsp3) is 0.200. The van der Waals surface area contributed by atoms with Gasteiger partial charge in [0, 0.05) is 73.1 Å². The summed E-state index contributed by atoms with van der Waals surface area (Å²) >= 11 is 0. The average molecular weight is 643 g/mol. The van der Waals surface area contributed by atoms with Crippen LogP contribution in [0.3, 0.4) is 0 Å². The number of hydrogen-bond acceptors (Lipinski definition) is 7. The van der Waals surface area contributed by atoms with E-state index in [4.69, 9.17) is 14.2 Å². The summed E-state index contributed by atoms with van der Waals surface area (Å²) in [7, 11) is 3.00. The maximum absolute atomic E-state index is 14.1. The molecule has 0 radical (unpaired) electrons. The van der Waals surface area contributed by atoms with Crippen LogP contribution < -0.4 is 29.9 Å². The number of fused-ring (bicyclic) bond motifs is 1. The number of carbonyl (C=O) groups is 2. The van der Waals surface area contributed by atoms with Crippen LogP contribution in [0.5, 0.6) is 17.2 Å². The summed E-state index contributed by atoms with van der Waals surface area (Å²) in [6, 6.07) is 16.1. The number of aromatic nitrogens is 2. The summed E-state index contributed by atoms with van der Waals surface area (Å²) in [5.74, 6) is -1.31. The number of methoxy groups -OCH3 is 2. The number of carbonyl (C=O) groups excluding carboxylic acids is 2. The second-order valence-electron chi connectivity index (χ2n) is 10.4. The minimum Gasteiger partial charge on any atom is -0.497 e. The minimum atomic E-state index is -0.853. The molecule has 0 saturated heterocycles. The zero-order chi connectivity index (χ0) is 33.5. The molecule has 1 N–H and O–H groups in total. The highest BCUT2D eigenvalue weighted by Gasteiger charge is 2.24. The van der Waals surface area contributed by atoms with Gasteiger partial charge in [-0.05, 0) is 49.7 Å². The van der Waals surface area contributed by atoms with Gasteiger partial charge in [0.2, 0.25) is 5.43 Å². The van der Waals surface area contributed by atoms with Crippen molar-refractivity contribution in [2.24, 2.45) is 0 Å². The van der Waals surface area contributed by atoms with Crippen LogP contribution in [0.15, 0.2) is 90.1 Å². The molecular formula is C35H32F2N4O6. The SMILES string of the molecule is CCN(C(=O)c1cn(-c2cc(OC)cc(OC)c2)c2cc(OCCCNC(=O)c3cccnc3)ccc2c1=O)c1cc(F)cc(F)c1. The number of pyridine rings is 2. The Labute approximate surface area is 269 Å². The van der Waals surface area contributed by atoms with Crippen molar-refractivity contribution >= 4 is 28.4 Å². The van der Waals surface area contributed by atoms with Gasteiger partial charge in [-0.1, -0.05) is 0 Å². The number of hydrogen-bond donors (Lipinski definition) is 1. The molecule has 0 saturated carbocycles. The van der Waals surface area contributed by atoms with E-state index in [1.165, 1.54) is 26.6 Å². The quantitative estimate of drug-likeness (QED) is 0.178. The summed E-state index contributed by atoms with van der Waals surface area (Å²) in [4.78, 5) is 45.0. The molecule has 2 aromatic heterocycles. The molecule has 0 aliphatic carbocycles. The molecule has 12 heteroatoms. The van der Waals surface area contributed by atoms with Crippen LogP contribution in [0, 0.1) is 11.6 Å². The molecular weight excluding hydrogens is 610 g/mol. The van der Waals surface area contributed by atoms with Crippen LogP contribution >= 0.6 is 0 Å². The number of anilines is 1. The molecule has 0 aliphatic heterocycles. The first-order valence-corrected chi connectivity index (χ1v) is 14.7. The molecule has 0 spiro atoms. The second kappa shape index (κ2) is 14.5. The van der Waals surface area contributed by atoms with Crippen molar-refractivity contribution < 1.29 is 32.6 Å². The fourth-order valence-electron chi connectivity index (χ4n) is 5.04. The average Bonchev–Trinajstić information content (AvgIpc) is 3.08. The number of amides is 2. The van der Waals surface area contributed by atoms with Crippen LogP contribution in [-0.2, 0) is 0 Å². The van der Waals surface area contributed by atoms with E-state index in [0.717, 1.165) is 17.0 Å². The van der Waals surface area contributed by atoms with E-state index in [9.17, 15) is 23.2 Å². The third-order valence-corrected chi connectivity index (χ3v) is 7.34. The Morgan fingerprint density at radius 2 is 1.66 bits per heavy atom. The first kappa shape index (κ1) is 32.6. The summed E-state index contributed by atoms with van der Waals surface area (Å²) in [6.07, 6.45) is 4.97. The first-order chi connectivity index (χ1) is 22.7. The van der Waals surface area contributed by atoms with Crippen LogP contribution in [-0.4, -0.2) is 55.3 Å². The van der Waals surface area contributed by atoms with Crippen LogP contribution in [0.4, 0.5) is 14.5 Å². The van der Waals surface area contributed by atoms with Gasteiger partial charge in [0.1, 0.15) is 34.4 Å². The maximum Gasteiger partial charge on any atom is 0.263 e. The van der Waals surface area contributed by atoms with Crippen molar-refractivity contribution in [3.05, 3.63) is 118 Å². The van der Waals surface area contributed by atoms with Gasteiger partial charge in [-0.15, -0.1) is 0 Å². The van der Waals surface area contributed by atoms with E-state index in [1.807, 2.05) is 0 Å². The third-order valence-electron chi connectivity index (χ3n) is 7.34. The lowest BCUT2D eigenvalue weighted by atomic mass is 10.1. The zero-order valence-electron chi connectivity index (χ0n) is 26.0. The Kier molecular flexibility index (Phi) is 10.1. The summed E-state index contributed by atoms with van der Waals surface area (Å²) < 4.78 is 46.7. The van der Waals surface area contributed by atoms with Gasteiger partial charge in [-0.2, -0.15) is 0 Å². The van der Waals surface area contributed by atoms with Crippen molar-refractivity contribution in [2.75, 3.05) is 38.8 Å². The minimum absolute atomic E-state index is 0.0236. The third kappa shape index (κ3) is 7.38. The Morgan fingerprint density at radius 3 is 2.30 bits per heavy atom. The van der Waals surface area contributed by atoms with Gasteiger partial charge in [0.15, 0.2) is 0 Å². The molecule has 10 nitrogen and oxygen atoms in total. The highest BCUT2D eigenvalue weighted by molar-refractivity contribution is 6.07. The Morgan fingerprint density at radius 1 is 0.936 bits per heavy atom. The molecule has 3 aromatic carbocycles. The molecule has 47 heavy (non-hydrogen) atoms. The van der Waals surface area contributed by atoms with Crippen LogP contribution in [0.25, 0.3) is 16.6 Å². The number of nitrogens with zero attached hydrogens (tertiary/aromatic N) is 3. The predicted molar refractivity (Wildman–Crippen MR) is 173 cm³/mol. The Balaban J connectivity index is 1.50. The van der Waals surface area contributed by atoms with Crippen LogP contribution in [0.1, 0.15) is 34.1 Å². The van der Waals surface area contributed by atoms with Gasteiger partial charge >= 0.3 is 0 Å². The van der Waals surface area contributed by atoms with Gasteiger partial charge in [0.25, 0.3) is 11.8 Å². The smallest absolute Gasteiger partial charge is 0.263 e. The first-order valence-electron chi connectivity index (χ1n) is 14.7. The number of benzene rings is 3. The predicted octanol–water partition coefficient (Wildman–Crippen LogP) is 5.55. The lowest BCUT2D eigenvalue weighted by Crippen LogP contribution is -2.35. The summed E-state index contributed by atoms with van der Waals surface area (Å²) in [5.41, 5.74) is 0.571. The maximum atomic E-state index is 14.1. The van der Waals surface area contributed by atoms with Crippen LogP contribution in [0.2, 0.25) is 0 Å². The highest BCUT2D eigenvalue weighted by atomic mass is 19.1. The summed E-state index contributed by atoms with van der Waals surface area (Å²) in [6.45, 7) is 2.31. The van der Waals surface area contributed by atoms with E-state index in [2.05, 4.69) is 10.3 Å². The Bertz CT molecular complexity index is 1940. The largest absolute Gasteiger partial charge is 0.497 e. The normalized spacial score (nSPS) is 10.8. The summed E-state index contributed by atoms with van der Waals surface area (Å²) in [5, 5.41) is 3.02. The monoisotopic (exact) mass is 642 g/mol. The zero-order valence-corrected chi connectivity index (χ0v) is 26.0. The topological polar surface area (TPSA) is 112 Å². The van der Waals surface area contributed by atoms with E-state index in [1.54, 1.807) is 66.2 Å². The molecule has 0 bridgehead atoms. The molecule has 0 fully saturated rings. The van der Waals surface area contributed by atoms with Crippen molar-refractivity contribution in [3.63, 3.8) is 0 Å². The van der Waals surface area contributed by atoms with Crippen molar-refractivity contribution in [3.8, 4) is 22.9 Å². The Hall–Kier alpha value is -5.78. The highest BCUT2D eigenvalue weighted by Crippen LogP contribution is 2.29. The molecule has 0 aliphatic rings.